The lowest BCUT2D eigenvalue weighted by Crippen LogP contribution is -2.25. The van der Waals surface area contributed by atoms with Crippen LogP contribution >= 0.6 is 0 Å². The Labute approximate surface area is 85.5 Å². The van der Waals surface area contributed by atoms with Crippen molar-refractivity contribution in [2.75, 3.05) is 20.1 Å². The average Bonchev–Trinajstić information content (AvgIpc) is 2.18. The van der Waals surface area contributed by atoms with Crippen LogP contribution in [-0.2, 0) is 0 Å². The van der Waals surface area contributed by atoms with Crippen LogP contribution in [0.2, 0.25) is 0 Å². The van der Waals surface area contributed by atoms with Crippen molar-refractivity contribution in [3.63, 3.8) is 0 Å². The Hall–Kier alpha value is -1.15. The molecule has 0 atom stereocenters. The number of hydrogen-bond donors (Lipinski definition) is 0. The molecule has 2 heteroatoms. The molecule has 2 nitrogen and oxygen atoms in total. The first-order valence-electron chi connectivity index (χ1n) is 4.92. The number of rotatable bonds is 4. The smallest absolute Gasteiger partial charge is 0.177 e. The van der Waals surface area contributed by atoms with Gasteiger partial charge in [0.15, 0.2) is 5.78 Å². The largest absolute Gasteiger partial charge is 0.299 e. The summed E-state index contributed by atoms with van der Waals surface area (Å²) in [4.78, 5) is 13.8. The molecule has 0 aliphatic heterocycles. The summed E-state index contributed by atoms with van der Waals surface area (Å²) in [7, 11) is 1.95. The second kappa shape index (κ2) is 4.91. The molecule has 0 bridgehead atoms. The van der Waals surface area contributed by atoms with Crippen LogP contribution in [0.5, 0.6) is 0 Å². The molecular formula is C12H17NO. The average molecular weight is 191 g/mol. The number of carbonyl (C=O) groups excluding carboxylic acids is 1. The minimum Gasteiger partial charge on any atom is -0.299 e. The van der Waals surface area contributed by atoms with Crippen molar-refractivity contribution in [3.8, 4) is 0 Å². The summed E-state index contributed by atoms with van der Waals surface area (Å²) in [5.41, 5.74) is 1.90. The summed E-state index contributed by atoms with van der Waals surface area (Å²) in [5.74, 6) is 0.201. The number of likely N-dealkylation sites (N-methyl/N-ethyl adjacent to an activating group) is 1. The summed E-state index contributed by atoms with van der Waals surface area (Å²) in [5, 5.41) is 0. The molecule has 0 amide bonds. The Morgan fingerprint density at radius 3 is 2.57 bits per heavy atom. The third-order valence-electron chi connectivity index (χ3n) is 2.40. The van der Waals surface area contributed by atoms with Crippen molar-refractivity contribution >= 4 is 5.78 Å². The molecule has 0 aliphatic rings. The number of carbonyl (C=O) groups is 1. The number of ketones is 1. The molecule has 14 heavy (non-hydrogen) atoms. The van der Waals surface area contributed by atoms with Crippen LogP contribution in [0.3, 0.4) is 0 Å². The maximum absolute atomic E-state index is 11.8. The topological polar surface area (TPSA) is 20.3 Å². The van der Waals surface area contributed by atoms with Crippen LogP contribution in [0, 0.1) is 6.92 Å². The quantitative estimate of drug-likeness (QED) is 0.679. The van der Waals surface area contributed by atoms with E-state index in [0.29, 0.717) is 6.54 Å². The van der Waals surface area contributed by atoms with E-state index in [4.69, 9.17) is 0 Å². The van der Waals surface area contributed by atoms with E-state index in [1.165, 1.54) is 0 Å². The number of aryl methyl sites for hydroxylation is 1. The zero-order valence-corrected chi connectivity index (χ0v) is 9.08. The van der Waals surface area contributed by atoms with E-state index in [1.807, 2.05) is 50.1 Å². The highest BCUT2D eigenvalue weighted by atomic mass is 16.1. The summed E-state index contributed by atoms with van der Waals surface area (Å²) in [6, 6.07) is 7.72. The van der Waals surface area contributed by atoms with Gasteiger partial charge in [0.05, 0.1) is 6.54 Å². The summed E-state index contributed by atoms with van der Waals surface area (Å²) in [6.07, 6.45) is 0. The standard InChI is InChI=1S/C12H17NO/c1-4-13(3)9-12(14)11-8-6-5-7-10(11)2/h5-8H,4,9H2,1-3H3. The molecule has 0 spiro atoms. The lowest BCUT2D eigenvalue weighted by molar-refractivity contribution is 0.0948. The molecule has 1 rings (SSSR count). The summed E-state index contributed by atoms with van der Waals surface area (Å²) < 4.78 is 0. The first-order chi connectivity index (χ1) is 6.65. The van der Waals surface area contributed by atoms with Gasteiger partial charge in [0.25, 0.3) is 0 Å². The van der Waals surface area contributed by atoms with Gasteiger partial charge in [0, 0.05) is 5.56 Å². The van der Waals surface area contributed by atoms with Gasteiger partial charge in [-0.05, 0) is 26.1 Å². The third-order valence-corrected chi connectivity index (χ3v) is 2.40. The van der Waals surface area contributed by atoms with E-state index < -0.39 is 0 Å². The molecule has 1 aromatic rings. The van der Waals surface area contributed by atoms with Crippen molar-refractivity contribution < 1.29 is 4.79 Å². The molecule has 76 valence electrons. The highest BCUT2D eigenvalue weighted by Gasteiger charge is 2.09. The molecular weight excluding hydrogens is 174 g/mol. The minimum absolute atomic E-state index is 0.201. The first kappa shape index (κ1) is 10.9. The predicted molar refractivity (Wildman–Crippen MR) is 58.7 cm³/mol. The molecule has 0 radical (unpaired) electrons. The molecule has 0 heterocycles. The van der Waals surface area contributed by atoms with Gasteiger partial charge >= 0.3 is 0 Å². The zero-order valence-electron chi connectivity index (χ0n) is 9.08. The van der Waals surface area contributed by atoms with Crippen LogP contribution in [0.1, 0.15) is 22.8 Å². The molecule has 1 aromatic carbocycles. The molecule has 0 N–H and O–H groups in total. The van der Waals surface area contributed by atoms with Gasteiger partial charge in [-0.3, -0.25) is 9.69 Å². The second-order valence-electron chi connectivity index (χ2n) is 3.57. The van der Waals surface area contributed by atoms with Gasteiger partial charge in [0.1, 0.15) is 0 Å². The highest BCUT2D eigenvalue weighted by molar-refractivity contribution is 5.98. The van der Waals surface area contributed by atoms with E-state index >= 15 is 0 Å². The van der Waals surface area contributed by atoms with Crippen molar-refractivity contribution in [2.45, 2.75) is 13.8 Å². The fraction of sp³-hybridized carbons (Fsp3) is 0.417. The van der Waals surface area contributed by atoms with E-state index in [9.17, 15) is 4.79 Å². The fourth-order valence-corrected chi connectivity index (χ4v) is 1.33. The van der Waals surface area contributed by atoms with Crippen LogP contribution in [0.4, 0.5) is 0 Å². The SMILES string of the molecule is CCN(C)CC(=O)c1ccccc1C. The Morgan fingerprint density at radius 1 is 1.36 bits per heavy atom. The van der Waals surface area contributed by atoms with E-state index in [0.717, 1.165) is 17.7 Å². The van der Waals surface area contributed by atoms with E-state index in [2.05, 4.69) is 0 Å². The van der Waals surface area contributed by atoms with E-state index in [-0.39, 0.29) is 5.78 Å². The molecule has 0 saturated carbocycles. The van der Waals surface area contributed by atoms with Gasteiger partial charge in [-0.1, -0.05) is 31.2 Å². The van der Waals surface area contributed by atoms with Crippen LogP contribution in [-0.4, -0.2) is 30.8 Å². The predicted octanol–water partition coefficient (Wildman–Crippen LogP) is 2.13. The Kier molecular flexibility index (Phi) is 3.84. The van der Waals surface area contributed by atoms with Crippen molar-refractivity contribution in [1.82, 2.24) is 4.90 Å². The third kappa shape index (κ3) is 2.67. The van der Waals surface area contributed by atoms with Gasteiger partial charge < -0.3 is 0 Å². The number of hydrogen-bond acceptors (Lipinski definition) is 2. The Balaban J connectivity index is 2.75. The number of Topliss-reactive ketones (excluding diaryl/α,β-unsaturated/α-hetero) is 1. The van der Waals surface area contributed by atoms with Gasteiger partial charge in [0.2, 0.25) is 0 Å². The minimum atomic E-state index is 0.201. The maximum atomic E-state index is 11.8. The Bertz CT molecular complexity index is 320. The molecule has 0 fully saturated rings. The number of benzene rings is 1. The van der Waals surface area contributed by atoms with Crippen LogP contribution in [0.15, 0.2) is 24.3 Å². The van der Waals surface area contributed by atoms with Gasteiger partial charge in [-0.15, -0.1) is 0 Å². The van der Waals surface area contributed by atoms with Crippen molar-refractivity contribution in [2.24, 2.45) is 0 Å². The maximum Gasteiger partial charge on any atom is 0.177 e. The lowest BCUT2D eigenvalue weighted by atomic mass is 10.0. The molecule has 0 saturated heterocycles. The zero-order chi connectivity index (χ0) is 10.6. The monoisotopic (exact) mass is 191 g/mol. The second-order valence-corrected chi connectivity index (χ2v) is 3.57. The van der Waals surface area contributed by atoms with Crippen molar-refractivity contribution in [3.05, 3.63) is 35.4 Å². The van der Waals surface area contributed by atoms with Gasteiger partial charge in [-0.2, -0.15) is 0 Å². The molecule has 0 aliphatic carbocycles. The molecule has 0 unspecified atom stereocenters. The summed E-state index contributed by atoms with van der Waals surface area (Å²) in [6.45, 7) is 5.42. The fourth-order valence-electron chi connectivity index (χ4n) is 1.33. The number of nitrogens with zero attached hydrogens (tertiary/aromatic N) is 1. The normalized spacial score (nSPS) is 10.6. The molecule has 0 aromatic heterocycles. The first-order valence-corrected chi connectivity index (χ1v) is 4.92. The lowest BCUT2D eigenvalue weighted by Gasteiger charge is -2.13. The van der Waals surface area contributed by atoms with Crippen LogP contribution in [0.25, 0.3) is 0 Å². The summed E-state index contributed by atoms with van der Waals surface area (Å²) >= 11 is 0. The van der Waals surface area contributed by atoms with Gasteiger partial charge in [-0.25, -0.2) is 0 Å². The van der Waals surface area contributed by atoms with Crippen molar-refractivity contribution in [1.29, 1.82) is 0 Å². The highest BCUT2D eigenvalue weighted by Crippen LogP contribution is 2.08. The van der Waals surface area contributed by atoms with Crippen LogP contribution < -0.4 is 0 Å². The van der Waals surface area contributed by atoms with E-state index in [1.54, 1.807) is 0 Å². The Morgan fingerprint density at radius 2 is 2.00 bits per heavy atom.